The quantitative estimate of drug-likeness (QED) is 0.198. The average molecular weight is 679 g/mol. The molecule has 35 heavy (non-hydrogen) atoms. The zero-order chi connectivity index (χ0) is 21.8. The number of benzene rings is 3. The molecular formula is C29H19I2N3O. The fourth-order valence-corrected chi connectivity index (χ4v) is 4.95. The van der Waals surface area contributed by atoms with E-state index in [0.717, 1.165) is 39.1 Å². The molecule has 0 unspecified atom stereocenters. The number of fused-ring (bicyclic) bond motifs is 3. The predicted molar refractivity (Wildman–Crippen MR) is 132 cm³/mol. The zero-order valence-corrected chi connectivity index (χ0v) is 22.7. The number of halogens is 2. The Labute approximate surface area is 235 Å². The van der Waals surface area contributed by atoms with E-state index in [0.29, 0.717) is 0 Å². The van der Waals surface area contributed by atoms with Crippen molar-refractivity contribution in [3.63, 3.8) is 0 Å². The monoisotopic (exact) mass is 679 g/mol. The third-order valence-corrected chi connectivity index (χ3v) is 6.39. The summed E-state index contributed by atoms with van der Waals surface area (Å²) in [5.74, 6) is 0. The van der Waals surface area contributed by atoms with Crippen LogP contribution < -0.4 is 57.9 Å². The Kier molecular flexibility index (Phi) is 6.41. The maximum Gasteiger partial charge on any atom is 0.220 e. The number of aromatic nitrogens is 3. The first-order chi connectivity index (χ1) is 16.4. The van der Waals surface area contributed by atoms with E-state index in [-0.39, 0.29) is 48.0 Å². The van der Waals surface area contributed by atoms with Crippen molar-refractivity contribution in [2.24, 2.45) is 0 Å². The summed E-state index contributed by atoms with van der Waals surface area (Å²) in [6.07, 6.45) is 12.0. The minimum atomic E-state index is 0. The highest BCUT2D eigenvalue weighted by molar-refractivity contribution is 6.32. The van der Waals surface area contributed by atoms with E-state index in [1.54, 1.807) is 0 Å². The second-order valence-corrected chi connectivity index (χ2v) is 8.21. The van der Waals surface area contributed by atoms with Gasteiger partial charge in [0.15, 0.2) is 12.4 Å². The van der Waals surface area contributed by atoms with Crippen LogP contribution in [0.15, 0.2) is 95.9 Å². The molecule has 3 aromatic carbocycles. The number of H-pyrrole nitrogens is 2. The van der Waals surface area contributed by atoms with Gasteiger partial charge < -0.3 is 52.4 Å². The molecule has 0 aliphatic heterocycles. The molecule has 0 aliphatic rings. The summed E-state index contributed by atoms with van der Waals surface area (Å²) < 4.78 is 6.23. The molecule has 2 N–H and O–H groups in total. The summed E-state index contributed by atoms with van der Waals surface area (Å²) in [6.45, 7) is 0. The number of nitrogens with zero attached hydrogens (tertiary/aromatic N) is 1. The van der Waals surface area contributed by atoms with Gasteiger partial charge in [-0.05, 0) is 35.9 Å². The fourth-order valence-electron chi connectivity index (χ4n) is 4.95. The smallest absolute Gasteiger partial charge is 0.220 e. The molecule has 4 nitrogen and oxygen atoms in total. The molecule has 0 spiro atoms. The van der Waals surface area contributed by atoms with Crippen LogP contribution in [0.25, 0.3) is 67.0 Å². The number of hydrogen-bond acceptors (Lipinski definition) is 2. The summed E-state index contributed by atoms with van der Waals surface area (Å²) in [7, 11) is 0. The predicted octanol–water partition coefficient (Wildman–Crippen LogP) is 0.199. The number of nitrogens with one attached hydrogen (secondary N) is 2. The second kappa shape index (κ2) is 9.50. The first-order valence-corrected chi connectivity index (χ1v) is 11.0. The SMILES string of the molecule is C(=C\c1ccc2oc3cccc4c5ccc[nH+]c5c1c2c34)/c1cnccc1-c1cccc[nH+]1.[I-].[I-]. The van der Waals surface area contributed by atoms with Gasteiger partial charge in [0.2, 0.25) is 11.2 Å². The van der Waals surface area contributed by atoms with Gasteiger partial charge in [0.25, 0.3) is 0 Å². The van der Waals surface area contributed by atoms with E-state index in [2.05, 4.69) is 69.6 Å². The second-order valence-electron chi connectivity index (χ2n) is 8.21. The highest BCUT2D eigenvalue weighted by Crippen LogP contribution is 2.42. The number of rotatable bonds is 3. The molecule has 170 valence electrons. The van der Waals surface area contributed by atoms with Gasteiger partial charge in [-0.15, -0.1) is 0 Å². The van der Waals surface area contributed by atoms with E-state index >= 15 is 0 Å². The van der Waals surface area contributed by atoms with Crippen LogP contribution in [-0.2, 0) is 0 Å². The third kappa shape index (κ3) is 3.75. The van der Waals surface area contributed by atoms with Gasteiger partial charge in [-0.1, -0.05) is 30.4 Å². The van der Waals surface area contributed by atoms with E-state index in [4.69, 9.17) is 4.42 Å². The van der Waals surface area contributed by atoms with Crippen LogP contribution in [0.2, 0.25) is 0 Å². The van der Waals surface area contributed by atoms with Crippen molar-refractivity contribution in [3.8, 4) is 11.3 Å². The molecule has 0 bridgehead atoms. The Morgan fingerprint density at radius 1 is 0.657 bits per heavy atom. The van der Waals surface area contributed by atoms with Crippen molar-refractivity contribution in [2.45, 2.75) is 0 Å². The average Bonchev–Trinajstić information content (AvgIpc) is 3.27. The lowest BCUT2D eigenvalue weighted by molar-refractivity contribution is -0.364. The molecule has 6 heteroatoms. The minimum absolute atomic E-state index is 0. The van der Waals surface area contributed by atoms with Crippen molar-refractivity contribution >= 4 is 55.8 Å². The fraction of sp³-hybridized carbons (Fsp3) is 0. The summed E-state index contributed by atoms with van der Waals surface area (Å²) >= 11 is 0. The first kappa shape index (κ1) is 23.6. The van der Waals surface area contributed by atoms with Crippen molar-refractivity contribution in [2.75, 3.05) is 0 Å². The lowest BCUT2D eigenvalue weighted by Crippen LogP contribution is -3.00. The van der Waals surface area contributed by atoms with Gasteiger partial charge in [0.1, 0.15) is 11.2 Å². The Bertz CT molecular complexity index is 1830. The highest BCUT2D eigenvalue weighted by atomic mass is 127. The van der Waals surface area contributed by atoms with Gasteiger partial charge in [-0.25, -0.2) is 9.97 Å². The number of pyridine rings is 3. The van der Waals surface area contributed by atoms with E-state index < -0.39 is 0 Å². The standard InChI is InChI=1S/C29H17N3O.2HI/c1-2-14-31-23(7-1)20-13-16-30-17-19(20)10-9-18-11-12-25-28-26(18)29-22(6-4-15-32-29)21-5-3-8-24(33-25)27(21)28;;/h1-17H;2*1H/b10-9+;;. The summed E-state index contributed by atoms with van der Waals surface area (Å²) in [4.78, 5) is 11.2. The molecule has 4 aromatic heterocycles. The topological polar surface area (TPSA) is 54.3 Å². The normalized spacial score (nSPS) is 11.4. The third-order valence-electron chi connectivity index (χ3n) is 6.39. The van der Waals surface area contributed by atoms with Gasteiger partial charge >= 0.3 is 0 Å². The lowest BCUT2D eigenvalue weighted by Gasteiger charge is -2.07. The van der Waals surface area contributed by atoms with Gasteiger partial charge in [0.05, 0.1) is 16.3 Å². The minimum Gasteiger partial charge on any atom is -1.00 e. The highest BCUT2D eigenvalue weighted by Gasteiger charge is 2.21. The van der Waals surface area contributed by atoms with E-state index in [1.807, 2.05) is 49.1 Å². The van der Waals surface area contributed by atoms with Gasteiger partial charge in [0, 0.05) is 52.3 Å². The zero-order valence-electron chi connectivity index (χ0n) is 18.4. The molecule has 0 saturated heterocycles. The Morgan fingerprint density at radius 3 is 2.37 bits per heavy atom. The van der Waals surface area contributed by atoms with Crippen LogP contribution in [-0.4, -0.2) is 4.98 Å². The molecule has 0 atom stereocenters. The molecule has 4 heterocycles. The number of hydrogen-bond donors (Lipinski definition) is 0. The molecule has 7 rings (SSSR count). The summed E-state index contributed by atoms with van der Waals surface area (Å²) in [5.41, 5.74) is 7.31. The molecule has 0 amide bonds. The lowest BCUT2D eigenvalue weighted by atomic mass is 9.94. The molecule has 0 saturated carbocycles. The van der Waals surface area contributed by atoms with Crippen LogP contribution in [0.3, 0.4) is 0 Å². The summed E-state index contributed by atoms with van der Waals surface area (Å²) in [5, 5.41) is 5.93. The van der Waals surface area contributed by atoms with Crippen molar-refractivity contribution in [3.05, 3.63) is 103 Å². The van der Waals surface area contributed by atoms with Crippen LogP contribution in [0.4, 0.5) is 0 Å². The van der Waals surface area contributed by atoms with Crippen molar-refractivity contribution in [1.82, 2.24) is 4.98 Å². The molecule has 0 radical (unpaired) electrons. The molecule has 0 aliphatic carbocycles. The van der Waals surface area contributed by atoms with Crippen LogP contribution in [0, 0.1) is 0 Å². The first-order valence-electron chi connectivity index (χ1n) is 11.0. The van der Waals surface area contributed by atoms with Crippen LogP contribution in [0.5, 0.6) is 0 Å². The van der Waals surface area contributed by atoms with Crippen LogP contribution >= 0.6 is 0 Å². The number of furan rings is 1. The van der Waals surface area contributed by atoms with Crippen molar-refractivity contribution in [1.29, 1.82) is 0 Å². The van der Waals surface area contributed by atoms with Gasteiger partial charge in [-0.2, -0.15) is 0 Å². The van der Waals surface area contributed by atoms with Crippen molar-refractivity contribution < 1.29 is 62.3 Å². The molecular weight excluding hydrogens is 660 g/mol. The van der Waals surface area contributed by atoms with E-state index in [1.165, 1.54) is 26.9 Å². The largest absolute Gasteiger partial charge is 1.00 e. The number of aromatic amines is 2. The van der Waals surface area contributed by atoms with Gasteiger partial charge in [-0.3, -0.25) is 4.98 Å². The maximum atomic E-state index is 6.23. The Hall–Kier alpha value is -3.11. The summed E-state index contributed by atoms with van der Waals surface area (Å²) in [6, 6.07) is 22.9. The Morgan fingerprint density at radius 2 is 1.49 bits per heavy atom. The van der Waals surface area contributed by atoms with Crippen LogP contribution in [0.1, 0.15) is 11.1 Å². The maximum absolute atomic E-state index is 6.23. The molecule has 0 fully saturated rings. The molecule has 7 aromatic rings. The van der Waals surface area contributed by atoms with E-state index in [9.17, 15) is 0 Å². The Balaban J connectivity index is 0.00000127.